The van der Waals surface area contributed by atoms with E-state index in [-0.39, 0.29) is 41.4 Å². The second-order valence-electron chi connectivity index (χ2n) is 8.19. The molecule has 34 heavy (non-hydrogen) atoms. The number of carbonyl (C=O) groups is 2. The lowest BCUT2D eigenvalue weighted by atomic mass is 10.2. The zero-order valence-corrected chi connectivity index (χ0v) is 19.6. The predicted octanol–water partition coefficient (Wildman–Crippen LogP) is 1.25. The van der Waals surface area contributed by atoms with E-state index in [1.165, 1.54) is 27.4 Å². The highest BCUT2D eigenvalue weighted by Crippen LogP contribution is 2.31. The molecule has 1 unspecified atom stereocenters. The van der Waals surface area contributed by atoms with Gasteiger partial charge in [-0.3, -0.25) is 9.59 Å². The minimum absolute atomic E-state index is 0.0336. The molecule has 0 saturated carbocycles. The van der Waals surface area contributed by atoms with Crippen molar-refractivity contribution < 1.29 is 32.2 Å². The molecule has 4 rings (SSSR count). The van der Waals surface area contributed by atoms with Gasteiger partial charge in [-0.2, -0.15) is 4.31 Å². The third-order valence-electron chi connectivity index (χ3n) is 5.74. The van der Waals surface area contributed by atoms with E-state index >= 15 is 0 Å². The summed E-state index contributed by atoms with van der Waals surface area (Å²) in [5.41, 5.74) is 5.36. The molecule has 0 aromatic heterocycles. The number of sulfonamides is 1. The number of benzene rings is 2. The molecule has 2 aliphatic heterocycles. The van der Waals surface area contributed by atoms with Crippen LogP contribution in [0.15, 0.2) is 47.4 Å². The number of para-hydroxylation sites is 2. The smallest absolute Gasteiger partial charge is 0.260 e. The van der Waals surface area contributed by atoms with Crippen molar-refractivity contribution in [1.29, 1.82) is 0 Å². The Hall–Kier alpha value is -3.31. The van der Waals surface area contributed by atoms with E-state index in [2.05, 4.69) is 0 Å². The summed E-state index contributed by atoms with van der Waals surface area (Å²) in [6.45, 7) is 1.09. The molecule has 1 saturated heterocycles. The third kappa shape index (κ3) is 5.10. The lowest BCUT2D eigenvalue weighted by Gasteiger charge is -2.29. The van der Waals surface area contributed by atoms with Gasteiger partial charge in [0.05, 0.1) is 17.0 Å². The van der Waals surface area contributed by atoms with Gasteiger partial charge in [0.2, 0.25) is 10.0 Å². The Balaban J connectivity index is 1.38. The first-order chi connectivity index (χ1) is 16.3. The molecule has 0 aliphatic carbocycles. The molecule has 182 valence electrons. The normalized spacial score (nSPS) is 17.9. The van der Waals surface area contributed by atoms with Crippen LogP contribution in [-0.4, -0.2) is 75.4 Å². The second-order valence-corrected chi connectivity index (χ2v) is 10.1. The summed E-state index contributed by atoms with van der Waals surface area (Å²) in [6, 6.07) is 11.2. The quantitative estimate of drug-likeness (QED) is 0.591. The molecule has 2 aromatic rings. The van der Waals surface area contributed by atoms with Crippen molar-refractivity contribution in [2.75, 3.05) is 39.9 Å². The zero-order chi connectivity index (χ0) is 24.3. The van der Waals surface area contributed by atoms with E-state index in [1.54, 1.807) is 13.1 Å². The van der Waals surface area contributed by atoms with Gasteiger partial charge >= 0.3 is 0 Å². The summed E-state index contributed by atoms with van der Waals surface area (Å²) < 4.78 is 44.0. The number of rotatable bonds is 8. The van der Waals surface area contributed by atoms with E-state index < -0.39 is 15.9 Å². The van der Waals surface area contributed by atoms with Crippen LogP contribution in [0.5, 0.6) is 17.2 Å². The molecule has 2 heterocycles. The van der Waals surface area contributed by atoms with Crippen molar-refractivity contribution >= 4 is 21.8 Å². The zero-order valence-electron chi connectivity index (χ0n) is 18.8. The molecular formula is C23H27N3O7S. The first kappa shape index (κ1) is 23.8. The van der Waals surface area contributed by atoms with Crippen LogP contribution in [0.25, 0.3) is 0 Å². The fourth-order valence-electron chi connectivity index (χ4n) is 3.88. The van der Waals surface area contributed by atoms with Crippen LogP contribution in [0.3, 0.4) is 0 Å². The number of amides is 2. The van der Waals surface area contributed by atoms with Gasteiger partial charge in [-0.15, -0.1) is 0 Å². The number of primary amides is 1. The Labute approximate surface area is 198 Å². The lowest BCUT2D eigenvalue weighted by Crippen LogP contribution is -2.43. The van der Waals surface area contributed by atoms with Crippen LogP contribution in [0.4, 0.5) is 0 Å². The number of hydrogen-bond donors (Lipinski definition) is 1. The maximum atomic E-state index is 12.8. The summed E-state index contributed by atoms with van der Waals surface area (Å²) >= 11 is 0. The van der Waals surface area contributed by atoms with Crippen molar-refractivity contribution in [3.63, 3.8) is 0 Å². The Morgan fingerprint density at radius 1 is 1.15 bits per heavy atom. The third-order valence-corrected chi connectivity index (χ3v) is 7.64. The van der Waals surface area contributed by atoms with Gasteiger partial charge in [-0.25, -0.2) is 8.42 Å². The molecule has 0 bridgehead atoms. The van der Waals surface area contributed by atoms with E-state index in [1.807, 2.05) is 18.2 Å². The SMILES string of the molecule is CN(CC1COc2ccccc2O1)C(=O)COc1ccc(S(=O)(=O)N2CCCC2)cc1C(N)=O. The van der Waals surface area contributed by atoms with Crippen LogP contribution in [0, 0.1) is 0 Å². The van der Waals surface area contributed by atoms with Crippen LogP contribution < -0.4 is 19.9 Å². The predicted molar refractivity (Wildman–Crippen MR) is 122 cm³/mol. The van der Waals surface area contributed by atoms with Crippen molar-refractivity contribution in [3.05, 3.63) is 48.0 Å². The fourth-order valence-corrected chi connectivity index (χ4v) is 5.42. The number of fused-ring (bicyclic) bond motifs is 1. The van der Waals surface area contributed by atoms with Gasteiger partial charge in [-0.1, -0.05) is 12.1 Å². The Bertz CT molecular complexity index is 1180. The van der Waals surface area contributed by atoms with Crippen LogP contribution in [-0.2, 0) is 14.8 Å². The summed E-state index contributed by atoms with van der Waals surface area (Å²) in [5, 5.41) is 0. The number of ether oxygens (including phenoxy) is 3. The molecule has 2 aliphatic rings. The average molecular weight is 490 g/mol. The van der Waals surface area contributed by atoms with Crippen molar-refractivity contribution in [2.45, 2.75) is 23.8 Å². The molecule has 0 spiro atoms. The molecule has 2 aromatic carbocycles. The molecule has 11 heteroatoms. The average Bonchev–Trinajstić information content (AvgIpc) is 3.38. The molecule has 2 amide bonds. The monoisotopic (exact) mass is 489 g/mol. The van der Waals surface area contributed by atoms with Crippen molar-refractivity contribution in [1.82, 2.24) is 9.21 Å². The summed E-state index contributed by atoms with van der Waals surface area (Å²) in [5.74, 6) is 0.115. The first-order valence-corrected chi connectivity index (χ1v) is 12.4. The topological polar surface area (TPSA) is 128 Å². The standard InChI is InChI=1S/C23H27N3O7S/c1-25(13-16-14-31-20-6-2-3-7-21(20)33-16)22(27)15-32-19-9-8-17(12-18(19)23(24)28)34(29,30)26-10-4-5-11-26/h2-3,6-9,12,16H,4-5,10-11,13-15H2,1H3,(H2,24,28). The summed E-state index contributed by atoms with van der Waals surface area (Å²) in [4.78, 5) is 26.0. The number of nitrogens with two attached hydrogens (primary N) is 1. The lowest BCUT2D eigenvalue weighted by molar-refractivity contribution is -0.133. The summed E-state index contributed by atoms with van der Waals surface area (Å²) in [6.07, 6.45) is 1.24. The van der Waals surface area contributed by atoms with E-state index in [0.29, 0.717) is 31.2 Å². The Morgan fingerprint density at radius 3 is 2.56 bits per heavy atom. The maximum absolute atomic E-state index is 12.8. The second kappa shape index (κ2) is 9.90. The molecule has 1 atom stereocenters. The number of hydrogen-bond acceptors (Lipinski definition) is 7. The molecular weight excluding hydrogens is 462 g/mol. The van der Waals surface area contributed by atoms with Gasteiger partial charge in [0, 0.05) is 20.1 Å². The van der Waals surface area contributed by atoms with Gasteiger partial charge in [0.15, 0.2) is 24.2 Å². The fraction of sp³-hybridized carbons (Fsp3) is 0.391. The minimum Gasteiger partial charge on any atom is -0.486 e. The van der Waals surface area contributed by atoms with Gasteiger partial charge < -0.3 is 24.8 Å². The number of nitrogens with zero attached hydrogens (tertiary/aromatic N) is 2. The number of likely N-dealkylation sites (N-methyl/N-ethyl adjacent to an activating group) is 1. The van der Waals surface area contributed by atoms with E-state index in [9.17, 15) is 18.0 Å². The molecule has 2 N–H and O–H groups in total. The molecule has 10 nitrogen and oxygen atoms in total. The minimum atomic E-state index is -3.72. The van der Waals surface area contributed by atoms with Crippen LogP contribution >= 0.6 is 0 Å². The Kier molecular flexibility index (Phi) is 6.94. The largest absolute Gasteiger partial charge is 0.486 e. The number of carbonyl (C=O) groups excluding carboxylic acids is 2. The van der Waals surface area contributed by atoms with Gasteiger partial charge in [0.25, 0.3) is 11.8 Å². The van der Waals surface area contributed by atoms with Crippen molar-refractivity contribution in [3.8, 4) is 17.2 Å². The first-order valence-electron chi connectivity index (χ1n) is 10.9. The van der Waals surface area contributed by atoms with Gasteiger partial charge in [-0.05, 0) is 43.2 Å². The highest BCUT2D eigenvalue weighted by atomic mass is 32.2. The summed E-state index contributed by atoms with van der Waals surface area (Å²) in [7, 11) is -2.12. The van der Waals surface area contributed by atoms with E-state index in [0.717, 1.165) is 12.8 Å². The van der Waals surface area contributed by atoms with E-state index in [4.69, 9.17) is 19.9 Å². The highest BCUT2D eigenvalue weighted by molar-refractivity contribution is 7.89. The molecule has 0 radical (unpaired) electrons. The Morgan fingerprint density at radius 2 is 1.85 bits per heavy atom. The van der Waals surface area contributed by atoms with Crippen LogP contribution in [0.1, 0.15) is 23.2 Å². The van der Waals surface area contributed by atoms with Crippen molar-refractivity contribution in [2.24, 2.45) is 5.73 Å². The maximum Gasteiger partial charge on any atom is 0.260 e. The molecule has 1 fully saturated rings. The highest BCUT2D eigenvalue weighted by Gasteiger charge is 2.29. The van der Waals surface area contributed by atoms with Crippen LogP contribution in [0.2, 0.25) is 0 Å². The van der Waals surface area contributed by atoms with Gasteiger partial charge in [0.1, 0.15) is 12.4 Å².